The van der Waals surface area contributed by atoms with Crippen molar-refractivity contribution >= 4 is 27.5 Å². The molecule has 2 rings (SSSR count). The summed E-state index contributed by atoms with van der Waals surface area (Å²) in [6.07, 6.45) is 1.48. The Hall–Kier alpha value is -2.05. The Morgan fingerprint density at radius 3 is 2.09 bits per heavy atom. The number of ether oxygens (including phenoxy) is 3. The molecule has 0 saturated carbocycles. The molecule has 192 valence electrons. The van der Waals surface area contributed by atoms with Gasteiger partial charge >= 0.3 is 5.97 Å². The minimum Gasteiger partial charge on any atom is -0.744 e. The number of fused-ring (bicyclic) bond motifs is 1. The fraction of sp³-hybridized carbons (Fsp3) is 0.652. The topological polar surface area (TPSA) is 134 Å². The molecule has 0 radical (unpaired) electrons. The summed E-state index contributed by atoms with van der Waals surface area (Å²) in [5.41, 5.74) is 2.53. The molecule has 10 nitrogen and oxygen atoms in total. The number of aliphatic carboxylic acids is 1. The highest BCUT2D eigenvalue weighted by atomic mass is 32.2. The van der Waals surface area contributed by atoms with Gasteiger partial charge in [-0.1, -0.05) is 0 Å². The van der Waals surface area contributed by atoms with Gasteiger partial charge in [-0.05, 0) is 45.7 Å². The van der Waals surface area contributed by atoms with Crippen molar-refractivity contribution in [1.82, 2.24) is 0 Å². The molecule has 0 spiro atoms. The lowest BCUT2D eigenvalue weighted by Gasteiger charge is -2.16. The Balaban J connectivity index is 1.69. The van der Waals surface area contributed by atoms with Crippen LogP contribution in [0.15, 0.2) is 17.0 Å². The highest BCUT2D eigenvalue weighted by Crippen LogP contribution is 2.42. The number of hydrogen-bond acceptors (Lipinski definition) is 8. The van der Waals surface area contributed by atoms with E-state index in [0.29, 0.717) is 58.0 Å². The molecule has 0 unspecified atom stereocenters. The fourth-order valence-electron chi connectivity index (χ4n) is 3.62. The van der Waals surface area contributed by atoms with Crippen LogP contribution in [0.4, 0.5) is 5.69 Å². The summed E-state index contributed by atoms with van der Waals surface area (Å²) in [7, 11) is -4.55. The van der Waals surface area contributed by atoms with Gasteiger partial charge in [-0.3, -0.25) is 9.63 Å². The van der Waals surface area contributed by atoms with Crippen molar-refractivity contribution in [3.05, 3.63) is 23.3 Å². The SMILES string of the molecule is CC1=[N+](OCCOCCOCCOCCCCC(=O)O)c2c(C)cc(S(=O)(=O)[O-])cc2C1(C)C. The summed E-state index contributed by atoms with van der Waals surface area (Å²) >= 11 is 0. The van der Waals surface area contributed by atoms with Crippen molar-refractivity contribution in [2.75, 3.05) is 46.2 Å². The smallest absolute Gasteiger partial charge is 0.303 e. The predicted molar refractivity (Wildman–Crippen MR) is 123 cm³/mol. The molecule has 0 atom stereocenters. The average Bonchev–Trinajstić information content (AvgIpc) is 2.94. The van der Waals surface area contributed by atoms with Gasteiger partial charge in [0.2, 0.25) is 5.71 Å². The Bertz CT molecular complexity index is 986. The zero-order valence-corrected chi connectivity index (χ0v) is 21.1. The summed E-state index contributed by atoms with van der Waals surface area (Å²) in [6.45, 7) is 10.4. The third-order valence-electron chi connectivity index (χ3n) is 5.77. The van der Waals surface area contributed by atoms with Crippen molar-refractivity contribution in [3.8, 4) is 0 Å². The van der Waals surface area contributed by atoms with Crippen LogP contribution in [0.1, 0.15) is 51.2 Å². The molecule has 0 saturated heterocycles. The maximum atomic E-state index is 11.5. The van der Waals surface area contributed by atoms with E-state index in [9.17, 15) is 17.8 Å². The normalized spacial score (nSPS) is 15.0. The third kappa shape index (κ3) is 7.74. The Kier molecular flexibility index (Phi) is 10.4. The molecule has 1 N–H and O–H groups in total. The first-order valence-corrected chi connectivity index (χ1v) is 12.7. The number of rotatable bonds is 16. The van der Waals surface area contributed by atoms with Crippen LogP contribution < -0.4 is 0 Å². The Labute approximate surface area is 201 Å². The quantitative estimate of drug-likeness (QED) is 0.206. The zero-order chi connectivity index (χ0) is 25.4. The van der Waals surface area contributed by atoms with Gasteiger partial charge in [-0.2, -0.15) is 0 Å². The number of benzene rings is 1. The Morgan fingerprint density at radius 1 is 0.971 bits per heavy atom. The molecule has 1 aliphatic rings. The molecular weight excluding hydrogens is 466 g/mol. The van der Waals surface area contributed by atoms with Gasteiger partial charge in [0.25, 0.3) is 5.69 Å². The van der Waals surface area contributed by atoms with Crippen LogP contribution >= 0.6 is 0 Å². The average molecular weight is 502 g/mol. The van der Waals surface area contributed by atoms with E-state index in [1.807, 2.05) is 20.8 Å². The zero-order valence-electron chi connectivity index (χ0n) is 20.3. The molecule has 11 heteroatoms. The number of nitrogens with zero attached hydrogens (tertiary/aromatic N) is 1. The van der Waals surface area contributed by atoms with E-state index >= 15 is 0 Å². The van der Waals surface area contributed by atoms with Gasteiger partial charge in [0, 0.05) is 35.8 Å². The second kappa shape index (κ2) is 12.6. The summed E-state index contributed by atoms with van der Waals surface area (Å²) in [4.78, 5) is 16.1. The molecule has 1 aromatic rings. The van der Waals surface area contributed by atoms with E-state index in [1.165, 1.54) is 12.1 Å². The van der Waals surface area contributed by atoms with Crippen molar-refractivity contribution in [2.45, 2.75) is 57.3 Å². The van der Waals surface area contributed by atoms with Gasteiger partial charge < -0.3 is 23.9 Å². The van der Waals surface area contributed by atoms with Gasteiger partial charge in [-0.15, -0.1) is 0 Å². The van der Waals surface area contributed by atoms with E-state index in [1.54, 1.807) is 11.7 Å². The van der Waals surface area contributed by atoms with Crippen LogP contribution in [0, 0.1) is 6.92 Å². The maximum absolute atomic E-state index is 11.5. The molecule has 1 aliphatic heterocycles. The first kappa shape index (κ1) is 28.2. The molecule has 34 heavy (non-hydrogen) atoms. The molecule has 0 aliphatic carbocycles. The molecule has 0 amide bonds. The van der Waals surface area contributed by atoms with Crippen LogP contribution in [-0.2, 0) is 39.4 Å². The highest BCUT2D eigenvalue weighted by molar-refractivity contribution is 7.85. The maximum Gasteiger partial charge on any atom is 0.303 e. The van der Waals surface area contributed by atoms with Crippen LogP contribution in [0.5, 0.6) is 0 Å². The summed E-state index contributed by atoms with van der Waals surface area (Å²) in [6, 6.07) is 2.81. The second-order valence-corrected chi connectivity index (χ2v) is 10.00. The van der Waals surface area contributed by atoms with E-state index in [4.69, 9.17) is 24.2 Å². The van der Waals surface area contributed by atoms with Crippen LogP contribution in [0.2, 0.25) is 0 Å². The molecule has 0 fully saturated rings. The summed E-state index contributed by atoms with van der Waals surface area (Å²) in [5, 5.41) is 8.55. The van der Waals surface area contributed by atoms with Crippen molar-refractivity contribution in [3.63, 3.8) is 0 Å². The predicted octanol–water partition coefficient (Wildman–Crippen LogP) is 2.53. The standard InChI is InChI=1S/C23H35NO9S/c1-17-15-19(34(27,28)29)16-20-22(17)24(18(2)23(20,3)4)33-14-13-32-12-11-31-10-9-30-8-6-5-7-21(25)26/h15-16H,5-14H2,1-4H3,(H-,25,26,27,28,29). The van der Waals surface area contributed by atoms with Crippen LogP contribution in [0.25, 0.3) is 0 Å². The van der Waals surface area contributed by atoms with Crippen molar-refractivity contribution in [2.24, 2.45) is 0 Å². The lowest BCUT2D eigenvalue weighted by molar-refractivity contribution is -0.728. The van der Waals surface area contributed by atoms with Crippen LogP contribution in [0.3, 0.4) is 0 Å². The van der Waals surface area contributed by atoms with Gasteiger partial charge in [0.15, 0.2) is 6.61 Å². The summed E-state index contributed by atoms with van der Waals surface area (Å²) in [5.74, 6) is -0.793. The molecular formula is C23H35NO9S. The van der Waals surface area contributed by atoms with Gasteiger partial charge in [-0.25, -0.2) is 8.42 Å². The van der Waals surface area contributed by atoms with Crippen molar-refractivity contribution < 1.29 is 46.7 Å². The molecule has 0 aromatic heterocycles. The Morgan fingerprint density at radius 2 is 1.53 bits per heavy atom. The lowest BCUT2D eigenvalue weighted by atomic mass is 9.82. The molecule has 0 bridgehead atoms. The number of aryl methyl sites for hydroxylation is 1. The third-order valence-corrected chi connectivity index (χ3v) is 6.58. The monoisotopic (exact) mass is 501 g/mol. The number of carbonyl (C=O) groups is 1. The second-order valence-electron chi connectivity index (χ2n) is 8.62. The number of hydrogen-bond donors (Lipinski definition) is 1. The van der Waals surface area contributed by atoms with E-state index in [0.717, 1.165) is 17.0 Å². The molecule has 1 aromatic carbocycles. The molecule has 1 heterocycles. The lowest BCUT2D eigenvalue weighted by Crippen LogP contribution is -2.27. The number of carboxylic acids is 1. The largest absolute Gasteiger partial charge is 0.744 e. The van der Waals surface area contributed by atoms with E-state index < -0.39 is 21.5 Å². The number of unbranched alkanes of at least 4 members (excludes halogenated alkanes) is 1. The summed E-state index contributed by atoms with van der Waals surface area (Å²) < 4.78 is 52.6. The van der Waals surface area contributed by atoms with Crippen molar-refractivity contribution in [1.29, 1.82) is 0 Å². The number of carboxylic acid groups (broad SMARTS) is 1. The first-order valence-electron chi connectivity index (χ1n) is 11.3. The van der Waals surface area contributed by atoms with Crippen LogP contribution in [-0.4, -0.2) is 80.7 Å². The first-order chi connectivity index (χ1) is 16.0. The van der Waals surface area contributed by atoms with Gasteiger partial charge in [0.05, 0.1) is 43.3 Å². The highest BCUT2D eigenvalue weighted by Gasteiger charge is 2.47. The van der Waals surface area contributed by atoms with Gasteiger partial charge in [0.1, 0.15) is 10.1 Å². The van der Waals surface area contributed by atoms with E-state index in [-0.39, 0.29) is 17.9 Å². The minimum absolute atomic E-state index is 0.160. The van der Waals surface area contributed by atoms with E-state index in [2.05, 4.69) is 0 Å². The minimum atomic E-state index is -4.55. The fourth-order valence-corrected chi connectivity index (χ4v) is 4.21.